The van der Waals surface area contributed by atoms with E-state index in [1.807, 2.05) is 12.1 Å². The number of carbonyl (C=O) groups excluding carboxylic acids is 1. The Bertz CT molecular complexity index is 436. The molecule has 18 heavy (non-hydrogen) atoms. The second-order valence-corrected chi connectivity index (χ2v) is 6.71. The average Bonchev–Trinajstić information content (AvgIpc) is 2.24. The van der Waals surface area contributed by atoms with E-state index in [0.29, 0.717) is 6.54 Å². The van der Waals surface area contributed by atoms with Crippen LogP contribution in [0.5, 0.6) is 0 Å². The molecular weight excluding hydrogens is 292 g/mol. The van der Waals surface area contributed by atoms with Crippen molar-refractivity contribution < 1.29 is 4.79 Å². The molecule has 0 aliphatic heterocycles. The molecule has 3 N–H and O–H groups in total. The van der Waals surface area contributed by atoms with Crippen molar-refractivity contribution in [1.82, 2.24) is 5.32 Å². The maximum absolute atomic E-state index is 11.8. The Morgan fingerprint density at radius 2 is 1.94 bits per heavy atom. The highest BCUT2D eigenvalue weighted by molar-refractivity contribution is 9.10. The molecule has 0 aliphatic rings. The van der Waals surface area contributed by atoms with Gasteiger partial charge in [-0.05, 0) is 31.5 Å². The summed E-state index contributed by atoms with van der Waals surface area (Å²) < 4.78 is 1.04. The number of nitrogens with one attached hydrogen (secondary N) is 1. The molecule has 0 bridgehead atoms. The van der Waals surface area contributed by atoms with Gasteiger partial charge in [0.05, 0.1) is 5.54 Å². The fraction of sp³-hybridized carbons (Fsp3) is 0.500. The lowest BCUT2D eigenvalue weighted by atomic mass is 9.84. The molecule has 0 spiro atoms. The number of halogens is 1. The fourth-order valence-electron chi connectivity index (χ4n) is 1.54. The standard InChI is InChI=1S/C14H21BrN2O/c1-13(2,9-17-12(18)14(3,4)16)10-6-5-7-11(15)8-10/h5-8H,9,16H2,1-4H3,(H,17,18). The van der Waals surface area contributed by atoms with Crippen molar-refractivity contribution in [2.75, 3.05) is 6.54 Å². The molecule has 0 fully saturated rings. The van der Waals surface area contributed by atoms with Crippen molar-refractivity contribution in [2.24, 2.45) is 5.73 Å². The summed E-state index contributed by atoms with van der Waals surface area (Å²) in [6.07, 6.45) is 0. The number of benzene rings is 1. The molecular formula is C14H21BrN2O. The van der Waals surface area contributed by atoms with Gasteiger partial charge in [0.15, 0.2) is 0 Å². The minimum atomic E-state index is -0.840. The lowest BCUT2D eigenvalue weighted by Gasteiger charge is -2.28. The SMILES string of the molecule is CC(C)(N)C(=O)NCC(C)(C)c1cccc(Br)c1. The largest absolute Gasteiger partial charge is 0.354 e. The van der Waals surface area contributed by atoms with Gasteiger partial charge in [0.2, 0.25) is 5.91 Å². The van der Waals surface area contributed by atoms with Gasteiger partial charge in [-0.25, -0.2) is 0 Å². The second kappa shape index (κ2) is 5.41. The van der Waals surface area contributed by atoms with Crippen LogP contribution in [0.15, 0.2) is 28.7 Å². The number of rotatable bonds is 4. The summed E-state index contributed by atoms with van der Waals surface area (Å²) in [4.78, 5) is 11.8. The van der Waals surface area contributed by atoms with E-state index in [0.717, 1.165) is 4.47 Å². The molecule has 0 atom stereocenters. The van der Waals surface area contributed by atoms with Gasteiger partial charge in [-0.15, -0.1) is 0 Å². The van der Waals surface area contributed by atoms with Crippen molar-refractivity contribution >= 4 is 21.8 Å². The van der Waals surface area contributed by atoms with Gasteiger partial charge in [0.25, 0.3) is 0 Å². The van der Waals surface area contributed by atoms with Gasteiger partial charge in [-0.2, -0.15) is 0 Å². The maximum atomic E-state index is 11.8. The van der Waals surface area contributed by atoms with Crippen LogP contribution in [0.3, 0.4) is 0 Å². The van der Waals surface area contributed by atoms with E-state index >= 15 is 0 Å². The maximum Gasteiger partial charge on any atom is 0.239 e. The minimum Gasteiger partial charge on any atom is -0.354 e. The van der Waals surface area contributed by atoms with Gasteiger partial charge < -0.3 is 11.1 Å². The first-order valence-electron chi connectivity index (χ1n) is 5.96. The van der Waals surface area contributed by atoms with E-state index in [1.165, 1.54) is 5.56 Å². The monoisotopic (exact) mass is 312 g/mol. The van der Waals surface area contributed by atoms with Gasteiger partial charge in [-0.3, -0.25) is 4.79 Å². The first kappa shape index (κ1) is 15.2. The molecule has 4 heteroatoms. The van der Waals surface area contributed by atoms with Crippen LogP contribution >= 0.6 is 15.9 Å². The lowest BCUT2D eigenvalue weighted by Crippen LogP contribution is -2.51. The summed E-state index contributed by atoms with van der Waals surface area (Å²) in [6, 6.07) is 8.11. The molecule has 0 aromatic heterocycles. The van der Waals surface area contributed by atoms with Crippen LogP contribution in [0.1, 0.15) is 33.3 Å². The third-order valence-electron chi connectivity index (χ3n) is 2.88. The van der Waals surface area contributed by atoms with Crippen molar-refractivity contribution in [2.45, 2.75) is 38.6 Å². The first-order chi connectivity index (χ1) is 8.13. The van der Waals surface area contributed by atoms with Crippen molar-refractivity contribution in [3.8, 4) is 0 Å². The molecule has 1 amide bonds. The van der Waals surface area contributed by atoms with Crippen LogP contribution in [0.2, 0.25) is 0 Å². The minimum absolute atomic E-state index is 0.134. The summed E-state index contributed by atoms with van der Waals surface area (Å²) in [5.41, 5.74) is 5.95. The molecule has 1 rings (SSSR count). The van der Waals surface area contributed by atoms with Gasteiger partial charge >= 0.3 is 0 Å². The Hall–Kier alpha value is -0.870. The van der Waals surface area contributed by atoms with E-state index in [4.69, 9.17) is 5.73 Å². The molecule has 0 unspecified atom stereocenters. The van der Waals surface area contributed by atoms with Gasteiger partial charge in [0, 0.05) is 16.4 Å². The zero-order valence-electron chi connectivity index (χ0n) is 11.4. The van der Waals surface area contributed by atoms with Crippen LogP contribution in [-0.2, 0) is 10.2 Å². The number of carbonyl (C=O) groups is 1. The topological polar surface area (TPSA) is 55.1 Å². The lowest BCUT2D eigenvalue weighted by molar-refractivity contribution is -0.125. The molecule has 3 nitrogen and oxygen atoms in total. The van der Waals surface area contributed by atoms with Crippen molar-refractivity contribution in [3.63, 3.8) is 0 Å². The highest BCUT2D eigenvalue weighted by atomic mass is 79.9. The molecule has 0 heterocycles. The first-order valence-corrected chi connectivity index (χ1v) is 6.75. The van der Waals surface area contributed by atoms with Crippen LogP contribution < -0.4 is 11.1 Å². The van der Waals surface area contributed by atoms with Crippen LogP contribution in [0.25, 0.3) is 0 Å². The van der Waals surface area contributed by atoms with Crippen LogP contribution in [0, 0.1) is 0 Å². The molecule has 100 valence electrons. The van der Waals surface area contributed by atoms with Crippen molar-refractivity contribution in [1.29, 1.82) is 0 Å². The summed E-state index contributed by atoms with van der Waals surface area (Å²) in [6.45, 7) is 8.16. The molecule has 0 saturated heterocycles. The highest BCUT2D eigenvalue weighted by Crippen LogP contribution is 2.25. The number of hydrogen-bond donors (Lipinski definition) is 2. The smallest absolute Gasteiger partial charge is 0.239 e. The van der Waals surface area contributed by atoms with E-state index in [9.17, 15) is 4.79 Å². The summed E-state index contributed by atoms with van der Waals surface area (Å²) in [5, 5.41) is 2.90. The second-order valence-electron chi connectivity index (χ2n) is 5.80. The summed E-state index contributed by atoms with van der Waals surface area (Å²) in [7, 11) is 0. The third kappa shape index (κ3) is 4.10. The van der Waals surface area contributed by atoms with E-state index in [1.54, 1.807) is 13.8 Å². The normalized spacial score (nSPS) is 12.3. The Labute approximate surface area is 117 Å². The Kier molecular flexibility index (Phi) is 4.56. The predicted molar refractivity (Wildman–Crippen MR) is 78.4 cm³/mol. The Morgan fingerprint density at radius 3 is 2.44 bits per heavy atom. The summed E-state index contributed by atoms with van der Waals surface area (Å²) in [5.74, 6) is -0.134. The van der Waals surface area contributed by atoms with Crippen LogP contribution in [-0.4, -0.2) is 18.0 Å². The predicted octanol–water partition coefficient (Wildman–Crippen LogP) is 2.58. The zero-order chi connectivity index (χ0) is 14.0. The van der Waals surface area contributed by atoms with E-state index < -0.39 is 5.54 Å². The Balaban J connectivity index is 2.74. The molecule has 0 aliphatic carbocycles. The Morgan fingerprint density at radius 1 is 1.33 bits per heavy atom. The highest BCUT2D eigenvalue weighted by Gasteiger charge is 2.26. The number of amides is 1. The molecule has 1 aromatic carbocycles. The summed E-state index contributed by atoms with van der Waals surface area (Å²) >= 11 is 3.46. The van der Waals surface area contributed by atoms with Gasteiger partial charge in [0.1, 0.15) is 0 Å². The number of nitrogens with two attached hydrogens (primary N) is 1. The quantitative estimate of drug-likeness (QED) is 0.898. The molecule has 1 aromatic rings. The van der Waals surface area contributed by atoms with E-state index in [2.05, 4.69) is 47.2 Å². The molecule has 0 radical (unpaired) electrons. The zero-order valence-corrected chi connectivity index (χ0v) is 13.0. The van der Waals surface area contributed by atoms with Crippen LogP contribution in [0.4, 0.5) is 0 Å². The molecule has 0 saturated carbocycles. The van der Waals surface area contributed by atoms with E-state index in [-0.39, 0.29) is 11.3 Å². The number of hydrogen-bond acceptors (Lipinski definition) is 2. The van der Waals surface area contributed by atoms with Gasteiger partial charge in [-0.1, -0.05) is 41.9 Å². The van der Waals surface area contributed by atoms with Crippen molar-refractivity contribution in [3.05, 3.63) is 34.3 Å². The third-order valence-corrected chi connectivity index (χ3v) is 3.38. The average molecular weight is 313 g/mol. The fourth-order valence-corrected chi connectivity index (χ4v) is 1.94.